The van der Waals surface area contributed by atoms with E-state index in [-0.39, 0.29) is 19.2 Å². The van der Waals surface area contributed by atoms with Gasteiger partial charge in [0.1, 0.15) is 17.9 Å². The number of furan rings is 1. The molecule has 4 amide bonds. The van der Waals surface area contributed by atoms with Gasteiger partial charge in [-0.05, 0) is 43.7 Å². The van der Waals surface area contributed by atoms with Gasteiger partial charge in [-0.25, -0.2) is 4.79 Å². The number of benzene rings is 2. The van der Waals surface area contributed by atoms with Crippen molar-refractivity contribution in [3.63, 3.8) is 0 Å². The maximum absolute atomic E-state index is 13.2. The summed E-state index contributed by atoms with van der Waals surface area (Å²) >= 11 is 0. The Morgan fingerprint density at radius 2 is 1.91 bits per heavy atom. The van der Waals surface area contributed by atoms with Crippen LogP contribution in [0.3, 0.4) is 0 Å². The zero-order valence-electron chi connectivity index (χ0n) is 18.3. The highest BCUT2D eigenvalue weighted by Crippen LogP contribution is 2.34. The van der Waals surface area contributed by atoms with Gasteiger partial charge in [-0.3, -0.25) is 14.5 Å². The molecule has 1 fully saturated rings. The molecule has 2 aliphatic heterocycles. The van der Waals surface area contributed by atoms with Crippen LogP contribution in [0, 0.1) is 0 Å². The van der Waals surface area contributed by atoms with Gasteiger partial charge >= 0.3 is 6.03 Å². The molecule has 33 heavy (non-hydrogen) atoms. The summed E-state index contributed by atoms with van der Waals surface area (Å²) in [5.74, 6) is 0.750. The van der Waals surface area contributed by atoms with E-state index in [4.69, 9.17) is 13.9 Å². The molecule has 3 aromatic rings. The van der Waals surface area contributed by atoms with E-state index in [2.05, 4.69) is 5.32 Å². The smallest absolute Gasteiger partial charge is 0.325 e. The molecule has 2 aliphatic rings. The van der Waals surface area contributed by atoms with E-state index in [1.807, 2.05) is 37.3 Å². The molecule has 1 aromatic heterocycles. The van der Waals surface area contributed by atoms with Gasteiger partial charge in [0.15, 0.2) is 17.0 Å². The molecule has 2 aromatic carbocycles. The molecule has 9 heteroatoms. The molecule has 0 aliphatic carbocycles. The van der Waals surface area contributed by atoms with Crippen LogP contribution in [0.1, 0.15) is 25.2 Å². The van der Waals surface area contributed by atoms with Crippen molar-refractivity contribution in [2.24, 2.45) is 0 Å². The fourth-order valence-electron chi connectivity index (χ4n) is 4.11. The lowest BCUT2D eigenvalue weighted by Gasteiger charge is -2.24. The Morgan fingerprint density at radius 3 is 2.70 bits per heavy atom. The quantitative estimate of drug-likeness (QED) is 0.581. The van der Waals surface area contributed by atoms with Crippen molar-refractivity contribution >= 4 is 28.8 Å². The number of nitrogens with zero attached hydrogens (tertiary/aromatic N) is 2. The van der Waals surface area contributed by atoms with Gasteiger partial charge in [-0.2, -0.15) is 0 Å². The van der Waals surface area contributed by atoms with Crippen LogP contribution < -0.4 is 14.8 Å². The summed E-state index contributed by atoms with van der Waals surface area (Å²) in [4.78, 5) is 41.4. The Morgan fingerprint density at radius 1 is 1.12 bits per heavy atom. The first-order chi connectivity index (χ1) is 15.9. The van der Waals surface area contributed by atoms with Crippen molar-refractivity contribution in [2.45, 2.75) is 25.9 Å². The van der Waals surface area contributed by atoms with E-state index in [1.165, 1.54) is 0 Å². The lowest BCUT2D eigenvalue weighted by molar-refractivity contribution is -0.139. The second-order valence-electron chi connectivity index (χ2n) is 8.19. The van der Waals surface area contributed by atoms with Crippen molar-refractivity contribution in [3.05, 3.63) is 59.9 Å². The number of rotatable bonds is 6. The Kier molecular flexibility index (Phi) is 4.96. The van der Waals surface area contributed by atoms with E-state index in [9.17, 15) is 14.4 Å². The minimum absolute atomic E-state index is 0.172. The Balaban J connectivity index is 1.32. The second kappa shape index (κ2) is 7.84. The average Bonchev–Trinajstić information content (AvgIpc) is 3.51. The van der Waals surface area contributed by atoms with E-state index in [0.717, 1.165) is 15.8 Å². The number of carbonyl (C=O) groups is 3. The molecule has 0 saturated carbocycles. The minimum atomic E-state index is -1.38. The topological polar surface area (TPSA) is 101 Å². The number of carbonyl (C=O) groups excluding carboxylic acids is 3. The van der Waals surface area contributed by atoms with E-state index in [0.29, 0.717) is 35.9 Å². The van der Waals surface area contributed by atoms with Crippen molar-refractivity contribution in [2.75, 3.05) is 19.9 Å². The molecule has 5 rings (SSSR count). The Bertz CT molecular complexity index is 1240. The summed E-state index contributed by atoms with van der Waals surface area (Å²) in [7, 11) is 0. The van der Waals surface area contributed by atoms with Gasteiger partial charge in [0.25, 0.3) is 5.91 Å². The lowest BCUT2D eigenvalue weighted by atomic mass is 9.99. The summed E-state index contributed by atoms with van der Waals surface area (Å²) in [6, 6.07) is 13.9. The zero-order chi connectivity index (χ0) is 23.2. The summed E-state index contributed by atoms with van der Waals surface area (Å²) in [5.41, 5.74) is 0.0926. The van der Waals surface area contributed by atoms with E-state index in [1.54, 1.807) is 30.0 Å². The molecule has 1 saturated heterocycles. The number of para-hydroxylation sites is 1. The highest BCUT2D eigenvalue weighted by molar-refractivity contribution is 6.09. The van der Waals surface area contributed by atoms with Crippen LogP contribution >= 0.6 is 0 Å². The van der Waals surface area contributed by atoms with Gasteiger partial charge in [0.2, 0.25) is 12.7 Å². The number of hydrogen-bond donors (Lipinski definition) is 1. The minimum Gasteiger partial charge on any atom is -0.458 e. The predicted molar refractivity (Wildman–Crippen MR) is 117 cm³/mol. The van der Waals surface area contributed by atoms with Gasteiger partial charge in [-0.1, -0.05) is 24.3 Å². The van der Waals surface area contributed by atoms with Gasteiger partial charge in [0, 0.05) is 18.5 Å². The average molecular weight is 449 g/mol. The summed E-state index contributed by atoms with van der Waals surface area (Å²) in [6.45, 7) is 3.97. The molecular formula is C24H23N3O6. The molecule has 1 atom stereocenters. The molecule has 1 unspecified atom stereocenters. The van der Waals surface area contributed by atoms with E-state index < -0.39 is 17.5 Å². The first kappa shape index (κ1) is 20.9. The summed E-state index contributed by atoms with van der Waals surface area (Å²) < 4.78 is 16.5. The first-order valence-corrected chi connectivity index (χ1v) is 10.7. The number of amides is 4. The maximum atomic E-state index is 13.2. The maximum Gasteiger partial charge on any atom is 0.325 e. The van der Waals surface area contributed by atoms with Gasteiger partial charge in [-0.15, -0.1) is 0 Å². The number of imide groups is 1. The van der Waals surface area contributed by atoms with Crippen molar-refractivity contribution in [3.8, 4) is 11.5 Å². The van der Waals surface area contributed by atoms with Gasteiger partial charge in [0.05, 0.1) is 0 Å². The van der Waals surface area contributed by atoms with Crippen LogP contribution in [0.5, 0.6) is 11.5 Å². The van der Waals surface area contributed by atoms with Gasteiger partial charge < -0.3 is 24.1 Å². The zero-order valence-corrected chi connectivity index (χ0v) is 18.3. The number of likely N-dealkylation sites (N-methyl/N-ethyl adjacent to an activating group) is 1. The lowest BCUT2D eigenvalue weighted by Crippen LogP contribution is -2.44. The highest BCUT2D eigenvalue weighted by Gasteiger charge is 2.51. The fraction of sp³-hybridized carbons (Fsp3) is 0.292. The molecule has 0 bridgehead atoms. The highest BCUT2D eigenvalue weighted by atomic mass is 16.7. The molecule has 170 valence electrons. The summed E-state index contributed by atoms with van der Waals surface area (Å²) in [6.07, 6.45) is 0. The van der Waals surface area contributed by atoms with Crippen LogP contribution in [-0.4, -0.2) is 47.5 Å². The fourth-order valence-corrected chi connectivity index (χ4v) is 4.11. The molecule has 3 heterocycles. The predicted octanol–water partition coefficient (Wildman–Crippen LogP) is 2.98. The first-order valence-electron chi connectivity index (χ1n) is 10.7. The monoisotopic (exact) mass is 449 g/mol. The number of urea groups is 1. The second-order valence-corrected chi connectivity index (χ2v) is 8.19. The third kappa shape index (κ3) is 3.55. The Hall–Kier alpha value is -4.01. The van der Waals surface area contributed by atoms with E-state index >= 15 is 0 Å². The molecule has 0 spiro atoms. The van der Waals surface area contributed by atoms with Crippen LogP contribution in [0.15, 0.2) is 52.9 Å². The number of hydrogen-bond acceptors (Lipinski definition) is 6. The van der Waals surface area contributed by atoms with Crippen molar-refractivity contribution in [1.82, 2.24) is 15.1 Å². The standard InChI is InChI=1S/C24H23N3O6/c1-3-26(12-15-8-9-18-19(10-15)32-14-31-18)21(28)13-27-22(29)24(2,25-23(27)30)20-11-16-6-4-5-7-17(16)33-20/h4-11H,3,12-14H2,1-2H3,(H,25,30). The third-order valence-corrected chi connectivity index (χ3v) is 6.03. The van der Waals surface area contributed by atoms with Crippen molar-refractivity contribution < 1.29 is 28.3 Å². The molecule has 1 N–H and O–H groups in total. The third-order valence-electron chi connectivity index (χ3n) is 6.03. The SMILES string of the molecule is CCN(Cc1ccc2c(c1)OCO2)C(=O)CN1C(=O)NC(C)(c2cc3ccccc3o2)C1=O. The van der Waals surface area contributed by atoms with Crippen LogP contribution in [-0.2, 0) is 21.7 Å². The number of nitrogens with one attached hydrogen (secondary N) is 1. The summed E-state index contributed by atoms with van der Waals surface area (Å²) in [5, 5.41) is 3.52. The normalized spacial score (nSPS) is 19.3. The largest absolute Gasteiger partial charge is 0.458 e. The van der Waals surface area contributed by atoms with Crippen molar-refractivity contribution in [1.29, 1.82) is 0 Å². The van der Waals surface area contributed by atoms with Crippen LogP contribution in [0.4, 0.5) is 4.79 Å². The molecule has 9 nitrogen and oxygen atoms in total. The Labute approximate surface area is 189 Å². The van der Waals surface area contributed by atoms with Crippen LogP contribution in [0.2, 0.25) is 0 Å². The number of ether oxygens (including phenoxy) is 2. The molecule has 0 radical (unpaired) electrons. The van der Waals surface area contributed by atoms with Crippen LogP contribution in [0.25, 0.3) is 11.0 Å². The molecular weight excluding hydrogens is 426 g/mol. The number of fused-ring (bicyclic) bond motifs is 2.